The molecule has 19 heavy (non-hydrogen) atoms. The lowest BCUT2D eigenvalue weighted by Gasteiger charge is -2.16. The summed E-state index contributed by atoms with van der Waals surface area (Å²) in [5.74, 6) is 2.71. The van der Waals surface area contributed by atoms with Crippen LogP contribution in [-0.2, 0) is 0 Å². The molecule has 0 radical (unpaired) electrons. The van der Waals surface area contributed by atoms with E-state index in [9.17, 15) is 0 Å². The van der Waals surface area contributed by atoms with E-state index >= 15 is 0 Å². The highest BCUT2D eigenvalue weighted by molar-refractivity contribution is 7.98. The lowest BCUT2D eigenvalue weighted by Crippen LogP contribution is -2.17. The van der Waals surface area contributed by atoms with Crippen molar-refractivity contribution in [2.75, 3.05) is 29.7 Å². The number of para-hydroxylation sites is 1. The summed E-state index contributed by atoms with van der Waals surface area (Å²) in [7, 11) is 1.84. The molecule has 2 aromatic rings. The van der Waals surface area contributed by atoms with Gasteiger partial charge in [-0.2, -0.15) is 16.7 Å². The molecule has 0 fully saturated rings. The zero-order valence-electron chi connectivity index (χ0n) is 11.6. The van der Waals surface area contributed by atoms with Crippen LogP contribution in [0, 0.1) is 0 Å². The summed E-state index contributed by atoms with van der Waals surface area (Å²) >= 11 is 1.87. The second-order valence-electron chi connectivity index (χ2n) is 4.49. The number of nitrogens with zero attached hydrogens (tertiary/aromatic N) is 2. The average Bonchev–Trinajstić information content (AvgIpc) is 2.44. The number of hydrogen-bond acceptors (Lipinski definition) is 5. The van der Waals surface area contributed by atoms with Gasteiger partial charge in [-0.15, -0.1) is 0 Å². The maximum atomic E-state index is 4.53. The zero-order chi connectivity index (χ0) is 13.7. The van der Waals surface area contributed by atoms with E-state index in [2.05, 4.69) is 39.8 Å². The molecule has 102 valence electrons. The van der Waals surface area contributed by atoms with Crippen LogP contribution in [0.15, 0.2) is 24.3 Å². The van der Waals surface area contributed by atoms with Crippen LogP contribution in [0.4, 0.5) is 11.8 Å². The van der Waals surface area contributed by atoms with Crippen LogP contribution in [-0.4, -0.2) is 35.1 Å². The minimum atomic E-state index is 0.399. The minimum absolute atomic E-state index is 0.399. The van der Waals surface area contributed by atoms with Crippen molar-refractivity contribution >= 4 is 34.4 Å². The monoisotopic (exact) mass is 276 g/mol. The van der Waals surface area contributed by atoms with Crippen molar-refractivity contribution in [2.45, 2.75) is 19.4 Å². The van der Waals surface area contributed by atoms with Gasteiger partial charge in [0.05, 0.1) is 5.52 Å². The molecule has 1 unspecified atom stereocenters. The predicted octanol–water partition coefficient (Wildman–Crippen LogP) is 3.23. The van der Waals surface area contributed by atoms with E-state index in [1.54, 1.807) is 0 Å². The van der Waals surface area contributed by atoms with Gasteiger partial charge in [-0.3, -0.25) is 0 Å². The van der Waals surface area contributed by atoms with Gasteiger partial charge < -0.3 is 10.6 Å². The standard InChI is InChI=1S/C14H20N4S/c1-10(8-9-19-3)16-13-11-6-4-5-7-12(11)17-14(15-2)18-13/h4-7,10H,8-9H2,1-3H3,(H2,15,16,17,18). The summed E-state index contributed by atoms with van der Waals surface area (Å²) in [6.45, 7) is 2.19. The highest BCUT2D eigenvalue weighted by Gasteiger charge is 2.09. The van der Waals surface area contributed by atoms with Gasteiger partial charge in [0, 0.05) is 18.5 Å². The van der Waals surface area contributed by atoms with Gasteiger partial charge in [-0.25, -0.2) is 4.98 Å². The van der Waals surface area contributed by atoms with Crippen molar-refractivity contribution in [3.05, 3.63) is 24.3 Å². The topological polar surface area (TPSA) is 49.8 Å². The van der Waals surface area contributed by atoms with E-state index in [1.165, 1.54) is 0 Å². The lowest BCUT2D eigenvalue weighted by atomic mass is 10.2. The summed E-state index contributed by atoms with van der Waals surface area (Å²) in [5.41, 5.74) is 0.960. The smallest absolute Gasteiger partial charge is 0.224 e. The third-order valence-corrected chi connectivity index (χ3v) is 3.61. The first-order valence-electron chi connectivity index (χ1n) is 6.44. The van der Waals surface area contributed by atoms with Crippen LogP contribution >= 0.6 is 11.8 Å². The molecule has 0 bridgehead atoms. The van der Waals surface area contributed by atoms with Crippen molar-refractivity contribution in [2.24, 2.45) is 0 Å². The van der Waals surface area contributed by atoms with Crippen LogP contribution < -0.4 is 10.6 Å². The molecule has 0 aliphatic heterocycles. The third kappa shape index (κ3) is 3.50. The molecule has 5 heteroatoms. The fraction of sp³-hybridized carbons (Fsp3) is 0.429. The normalized spacial score (nSPS) is 12.4. The number of hydrogen-bond donors (Lipinski definition) is 2. The van der Waals surface area contributed by atoms with Crippen molar-refractivity contribution in [1.82, 2.24) is 9.97 Å². The maximum Gasteiger partial charge on any atom is 0.224 e. The van der Waals surface area contributed by atoms with Gasteiger partial charge in [0.25, 0.3) is 0 Å². The van der Waals surface area contributed by atoms with Crippen LogP contribution in [0.5, 0.6) is 0 Å². The Morgan fingerprint density at radius 1 is 1.26 bits per heavy atom. The summed E-state index contributed by atoms with van der Waals surface area (Å²) in [4.78, 5) is 8.98. The Kier molecular flexibility index (Phi) is 4.85. The average molecular weight is 276 g/mol. The molecule has 4 nitrogen and oxygen atoms in total. The quantitative estimate of drug-likeness (QED) is 0.848. The van der Waals surface area contributed by atoms with E-state index in [-0.39, 0.29) is 0 Å². The molecule has 2 rings (SSSR count). The Labute approximate surface area is 118 Å². The zero-order valence-corrected chi connectivity index (χ0v) is 12.4. The van der Waals surface area contributed by atoms with Gasteiger partial charge in [-0.05, 0) is 37.5 Å². The van der Waals surface area contributed by atoms with Crippen molar-refractivity contribution in [1.29, 1.82) is 0 Å². The number of anilines is 2. The summed E-state index contributed by atoms with van der Waals surface area (Å²) in [5, 5.41) is 7.57. The van der Waals surface area contributed by atoms with Crippen molar-refractivity contribution in [3.8, 4) is 0 Å². The SMILES string of the molecule is CNc1nc(NC(C)CCSC)c2ccccc2n1. The molecule has 1 aromatic carbocycles. The molecule has 0 spiro atoms. The Morgan fingerprint density at radius 3 is 2.79 bits per heavy atom. The number of benzene rings is 1. The lowest BCUT2D eigenvalue weighted by molar-refractivity contribution is 0.768. The molecule has 0 aliphatic rings. The van der Waals surface area contributed by atoms with Gasteiger partial charge in [-0.1, -0.05) is 12.1 Å². The summed E-state index contributed by atoms with van der Waals surface area (Å²) in [6, 6.07) is 8.47. The van der Waals surface area contributed by atoms with E-state index in [1.807, 2.05) is 37.0 Å². The molecular weight excluding hydrogens is 256 g/mol. The molecule has 0 amide bonds. The third-order valence-electron chi connectivity index (χ3n) is 2.96. The number of aromatic nitrogens is 2. The summed E-state index contributed by atoms with van der Waals surface area (Å²) in [6.07, 6.45) is 3.25. The molecule has 0 saturated carbocycles. The van der Waals surface area contributed by atoms with Crippen molar-refractivity contribution in [3.63, 3.8) is 0 Å². The fourth-order valence-electron chi connectivity index (χ4n) is 1.90. The largest absolute Gasteiger partial charge is 0.367 e. The first kappa shape index (κ1) is 13.9. The van der Waals surface area contributed by atoms with E-state index in [0.717, 1.165) is 28.9 Å². The Morgan fingerprint density at radius 2 is 2.05 bits per heavy atom. The molecule has 0 aliphatic carbocycles. The van der Waals surface area contributed by atoms with Crippen LogP contribution in [0.2, 0.25) is 0 Å². The molecule has 0 saturated heterocycles. The molecule has 2 N–H and O–H groups in total. The molecule has 1 heterocycles. The number of fused-ring (bicyclic) bond motifs is 1. The van der Waals surface area contributed by atoms with E-state index in [4.69, 9.17) is 0 Å². The number of nitrogens with one attached hydrogen (secondary N) is 2. The Bertz CT molecular complexity index is 544. The Balaban J connectivity index is 2.29. The predicted molar refractivity (Wildman–Crippen MR) is 85.2 cm³/mol. The maximum absolute atomic E-state index is 4.53. The number of thioether (sulfide) groups is 1. The van der Waals surface area contributed by atoms with Gasteiger partial charge >= 0.3 is 0 Å². The molecule has 1 atom stereocenters. The molecule has 1 aromatic heterocycles. The molecular formula is C14H20N4S. The number of rotatable bonds is 6. The van der Waals surface area contributed by atoms with Gasteiger partial charge in [0.2, 0.25) is 5.95 Å². The van der Waals surface area contributed by atoms with Crippen LogP contribution in [0.1, 0.15) is 13.3 Å². The van der Waals surface area contributed by atoms with Crippen LogP contribution in [0.3, 0.4) is 0 Å². The first-order valence-corrected chi connectivity index (χ1v) is 7.84. The second-order valence-corrected chi connectivity index (χ2v) is 5.48. The van der Waals surface area contributed by atoms with E-state index < -0.39 is 0 Å². The fourth-order valence-corrected chi connectivity index (χ4v) is 2.49. The summed E-state index contributed by atoms with van der Waals surface area (Å²) < 4.78 is 0. The second kappa shape index (κ2) is 6.61. The van der Waals surface area contributed by atoms with Crippen LogP contribution in [0.25, 0.3) is 10.9 Å². The van der Waals surface area contributed by atoms with E-state index in [0.29, 0.717) is 12.0 Å². The van der Waals surface area contributed by atoms with Gasteiger partial charge in [0.1, 0.15) is 5.82 Å². The minimum Gasteiger partial charge on any atom is -0.367 e. The highest BCUT2D eigenvalue weighted by atomic mass is 32.2. The Hall–Kier alpha value is -1.49. The highest BCUT2D eigenvalue weighted by Crippen LogP contribution is 2.22. The van der Waals surface area contributed by atoms with Gasteiger partial charge in [0.15, 0.2) is 0 Å². The van der Waals surface area contributed by atoms with Crippen molar-refractivity contribution < 1.29 is 0 Å². The first-order chi connectivity index (χ1) is 9.24.